The lowest BCUT2D eigenvalue weighted by molar-refractivity contribution is -0.122. The molecule has 2 heterocycles. The van der Waals surface area contributed by atoms with Crippen molar-refractivity contribution in [3.05, 3.63) is 51.5 Å². The van der Waals surface area contributed by atoms with Crippen LogP contribution in [0.2, 0.25) is 0 Å². The molecule has 0 radical (unpaired) electrons. The molecule has 168 valence electrons. The van der Waals surface area contributed by atoms with E-state index in [0.717, 1.165) is 36.4 Å². The van der Waals surface area contributed by atoms with Gasteiger partial charge < -0.3 is 15.7 Å². The highest BCUT2D eigenvalue weighted by Crippen LogP contribution is 2.41. The predicted molar refractivity (Wildman–Crippen MR) is 123 cm³/mol. The fourth-order valence-corrected chi connectivity index (χ4v) is 5.35. The third-order valence-corrected chi connectivity index (χ3v) is 7.47. The molecule has 2 amide bonds. The van der Waals surface area contributed by atoms with Gasteiger partial charge in [-0.15, -0.1) is 17.8 Å². The summed E-state index contributed by atoms with van der Waals surface area (Å²) in [5.41, 5.74) is 0.720. The second-order valence-corrected chi connectivity index (χ2v) is 9.74. The first kappa shape index (κ1) is 22.5. The van der Waals surface area contributed by atoms with E-state index in [1.54, 1.807) is 18.3 Å². The lowest BCUT2D eigenvalue weighted by atomic mass is 9.80. The third-order valence-electron chi connectivity index (χ3n) is 6.35. The van der Waals surface area contributed by atoms with Gasteiger partial charge in [-0.2, -0.15) is 0 Å². The van der Waals surface area contributed by atoms with Gasteiger partial charge in [-0.05, 0) is 50.7 Å². The topological polar surface area (TPSA) is 94.6 Å². The van der Waals surface area contributed by atoms with E-state index in [-0.39, 0.29) is 24.4 Å². The first-order valence-corrected chi connectivity index (χ1v) is 11.7. The Balaban J connectivity index is 1.17. The molecule has 3 N–H and O–H groups in total. The van der Waals surface area contributed by atoms with E-state index in [9.17, 15) is 14.7 Å². The lowest BCUT2D eigenvalue weighted by Crippen LogP contribution is -2.63. The molecule has 7 nitrogen and oxygen atoms in total. The molecular weight excluding hydrogens is 424 g/mol. The third kappa shape index (κ3) is 5.01. The van der Waals surface area contributed by atoms with Crippen LogP contribution in [-0.4, -0.2) is 58.5 Å². The summed E-state index contributed by atoms with van der Waals surface area (Å²) in [6, 6.07) is 7.78. The number of hydrogen-bond donors (Lipinski definition) is 3. The molecule has 0 unspecified atom stereocenters. The first-order valence-electron chi connectivity index (χ1n) is 10.9. The fourth-order valence-electron chi connectivity index (χ4n) is 4.48. The van der Waals surface area contributed by atoms with Crippen LogP contribution in [0.5, 0.6) is 0 Å². The van der Waals surface area contributed by atoms with Crippen LogP contribution in [0.25, 0.3) is 0 Å². The Morgan fingerprint density at radius 1 is 1.34 bits per heavy atom. The minimum absolute atomic E-state index is 0.0335. The van der Waals surface area contributed by atoms with Crippen molar-refractivity contribution < 1.29 is 14.7 Å². The number of carbonyl (C=O) groups is 2. The standard InChI is InChI=1S/C24H28N4O3S/c1-3-22-25-12-20(32-22)24(31)9-7-19(8-10-24)28-14-18(15-28)27-21(29)13-26-23(30)17-6-4-5-16(2)11-17/h1,4-6,11-12,18-19,31H,7-10,13-15H2,2H3,(H,26,30)(H,27,29). The zero-order valence-corrected chi connectivity index (χ0v) is 19.0. The highest BCUT2D eigenvalue weighted by atomic mass is 32.1. The van der Waals surface area contributed by atoms with Gasteiger partial charge >= 0.3 is 0 Å². The van der Waals surface area contributed by atoms with E-state index in [2.05, 4.69) is 26.4 Å². The molecule has 4 rings (SSSR count). The van der Waals surface area contributed by atoms with E-state index >= 15 is 0 Å². The number of likely N-dealkylation sites (tertiary alicyclic amines) is 1. The van der Waals surface area contributed by atoms with E-state index in [0.29, 0.717) is 29.5 Å². The number of hydrogen-bond acceptors (Lipinski definition) is 6. The van der Waals surface area contributed by atoms with Gasteiger partial charge in [0, 0.05) is 30.9 Å². The molecule has 8 heteroatoms. The molecule has 1 saturated carbocycles. The first-order chi connectivity index (χ1) is 15.4. The Hall–Kier alpha value is -2.73. The van der Waals surface area contributed by atoms with Crippen molar-refractivity contribution in [1.29, 1.82) is 0 Å². The van der Waals surface area contributed by atoms with Crippen LogP contribution in [-0.2, 0) is 10.4 Å². The van der Waals surface area contributed by atoms with Gasteiger partial charge in [-0.3, -0.25) is 14.5 Å². The van der Waals surface area contributed by atoms with Gasteiger partial charge in [0.2, 0.25) is 5.91 Å². The summed E-state index contributed by atoms with van der Waals surface area (Å²) in [6.45, 7) is 3.48. The Morgan fingerprint density at radius 3 is 2.75 bits per heavy atom. The van der Waals surface area contributed by atoms with Crippen LogP contribution < -0.4 is 10.6 Å². The molecule has 0 atom stereocenters. The van der Waals surface area contributed by atoms with E-state index in [4.69, 9.17) is 6.42 Å². The number of thiazole rings is 1. The predicted octanol–water partition coefficient (Wildman–Crippen LogP) is 1.79. The summed E-state index contributed by atoms with van der Waals surface area (Å²) in [5.74, 6) is 2.10. The molecule has 1 aliphatic heterocycles. The summed E-state index contributed by atoms with van der Waals surface area (Å²) in [6.07, 6.45) is 10.3. The summed E-state index contributed by atoms with van der Waals surface area (Å²) in [4.78, 5) is 31.7. The minimum atomic E-state index is -0.836. The van der Waals surface area contributed by atoms with Crippen molar-refractivity contribution in [3.8, 4) is 12.3 Å². The van der Waals surface area contributed by atoms with Crippen LogP contribution >= 0.6 is 11.3 Å². The zero-order valence-electron chi connectivity index (χ0n) is 18.1. The minimum Gasteiger partial charge on any atom is -0.384 e. The molecule has 0 bridgehead atoms. The average Bonchev–Trinajstić information content (AvgIpc) is 3.25. The number of aryl methyl sites for hydroxylation is 1. The van der Waals surface area contributed by atoms with Gasteiger partial charge in [0.05, 0.1) is 17.5 Å². The van der Waals surface area contributed by atoms with Crippen molar-refractivity contribution >= 4 is 23.2 Å². The normalized spacial score (nSPS) is 23.7. The molecule has 1 aliphatic carbocycles. The number of aromatic nitrogens is 1. The Morgan fingerprint density at radius 2 is 2.09 bits per heavy atom. The maximum atomic E-state index is 12.2. The van der Waals surface area contributed by atoms with E-state index < -0.39 is 5.60 Å². The second-order valence-electron chi connectivity index (χ2n) is 8.71. The molecule has 1 saturated heterocycles. The van der Waals surface area contributed by atoms with Crippen LogP contribution in [0, 0.1) is 19.3 Å². The molecule has 2 aromatic rings. The molecule has 1 aromatic heterocycles. The fraction of sp³-hybridized carbons (Fsp3) is 0.458. The van der Waals surface area contributed by atoms with Gasteiger partial charge in [-0.1, -0.05) is 17.7 Å². The smallest absolute Gasteiger partial charge is 0.251 e. The number of amides is 2. The number of carbonyl (C=O) groups excluding carboxylic acids is 2. The Kier molecular flexibility index (Phi) is 6.60. The maximum absolute atomic E-state index is 12.2. The summed E-state index contributed by atoms with van der Waals surface area (Å²) in [5, 5.41) is 17.3. The zero-order chi connectivity index (χ0) is 22.7. The quantitative estimate of drug-likeness (QED) is 0.581. The summed E-state index contributed by atoms with van der Waals surface area (Å²) >= 11 is 1.39. The summed E-state index contributed by atoms with van der Waals surface area (Å²) < 4.78 is 0. The lowest BCUT2D eigenvalue weighted by Gasteiger charge is -2.48. The molecule has 1 aromatic carbocycles. The van der Waals surface area contributed by atoms with Gasteiger partial charge in [0.1, 0.15) is 5.60 Å². The van der Waals surface area contributed by atoms with Gasteiger partial charge in [0.25, 0.3) is 5.91 Å². The van der Waals surface area contributed by atoms with Gasteiger partial charge in [0.15, 0.2) is 5.01 Å². The van der Waals surface area contributed by atoms with Crippen molar-refractivity contribution in [2.45, 2.75) is 50.3 Å². The van der Waals surface area contributed by atoms with Crippen LogP contribution in [0.3, 0.4) is 0 Å². The van der Waals surface area contributed by atoms with Crippen molar-refractivity contribution in [2.75, 3.05) is 19.6 Å². The Bertz CT molecular complexity index is 1030. The number of aliphatic hydroxyl groups is 1. The van der Waals surface area contributed by atoms with Crippen LogP contribution in [0.15, 0.2) is 30.5 Å². The highest BCUT2D eigenvalue weighted by Gasteiger charge is 2.41. The molecule has 2 aliphatic rings. The number of nitrogens with zero attached hydrogens (tertiary/aromatic N) is 2. The van der Waals surface area contributed by atoms with E-state index in [1.807, 2.05) is 19.1 Å². The molecule has 32 heavy (non-hydrogen) atoms. The summed E-state index contributed by atoms with van der Waals surface area (Å²) in [7, 11) is 0. The van der Waals surface area contributed by atoms with Crippen LogP contribution in [0.1, 0.15) is 51.5 Å². The monoisotopic (exact) mass is 452 g/mol. The SMILES string of the molecule is C#Cc1ncc(C2(O)CCC(N3CC(NC(=O)CNC(=O)c4cccc(C)c4)C3)CC2)s1. The van der Waals surface area contributed by atoms with Crippen molar-refractivity contribution in [3.63, 3.8) is 0 Å². The number of nitrogens with one attached hydrogen (secondary N) is 2. The molecule has 0 spiro atoms. The van der Waals surface area contributed by atoms with Crippen molar-refractivity contribution in [1.82, 2.24) is 20.5 Å². The number of benzene rings is 1. The second kappa shape index (κ2) is 9.41. The number of terminal acetylenes is 1. The van der Waals surface area contributed by atoms with E-state index in [1.165, 1.54) is 11.3 Å². The number of rotatable bonds is 6. The van der Waals surface area contributed by atoms with Crippen molar-refractivity contribution in [2.24, 2.45) is 0 Å². The largest absolute Gasteiger partial charge is 0.384 e. The average molecular weight is 453 g/mol. The molecular formula is C24H28N4O3S. The molecule has 2 fully saturated rings. The van der Waals surface area contributed by atoms with Crippen LogP contribution in [0.4, 0.5) is 0 Å². The maximum Gasteiger partial charge on any atom is 0.251 e. The Labute approximate surface area is 192 Å². The van der Waals surface area contributed by atoms with Gasteiger partial charge in [-0.25, -0.2) is 4.98 Å². The highest BCUT2D eigenvalue weighted by molar-refractivity contribution is 7.12.